The molecule has 0 N–H and O–H groups in total. The molecule has 4 heterocycles. The molecule has 1 aliphatic carbocycles. The van der Waals surface area contributed by atoms with Crippen molar-refractivity contribution >= 4 is 11.9 Å². The summed E-state index contributed by atoms with van der Waals surface area (Å²) in [7, 11) is 0. The van der Waals surface area contributed by atoms with Gasteiger partial charge in [-0.1, -0.05) is 24.3 Å². The molecule has 1 atom stereocenters. The average molecular weight is 589 g/mol. The van der Waals surface area contributed by atoms with Gasteiger partial charge in [0.25, 0.3) is 0 Å². The van der Waals surface area contributed by atoms with Crippen molar-refractivity contribution in [2.45, 2.75) is 70.9 Å². The third-order valence-corrected chi connectivity index (χ3v) is 7.35. The van der Waals surface area contributed by atoms with Crippen molar-refractivity contribution in [1.29, 1.82) is 0 Å². The number of imidazole rings is 1. The summed E-state index contributed by atoms with van der Waals surface area (Å²) in [4.78, 5) is 31.2. The van der Waals surface area contributed by atoms with Crippen LogP contribution in [0.4, 0.5) is 27.9 Å². The first-order valence-corrected chi connectivity index (χ1v) is 13.4. The molecule has 0 unspecified atom stereocenters. The molecule has 10 nitrogen and oxygen atoms in total. The number of anilines is 1. The third kappa shape index (κ3) is 5.07. The highest BCUT2D eigenvalue weighted by atomic mass is 19.4. The fourth-order valence-corrected chi connectivity index (χ4v) is 5.11. The van der Waals surface area contributed by atoms with E-state index in [0.29, 0.717) is 23.4 Å². The molecule has 0 spiro atoms. The van der Waals surface area contributed by atoms with Crippen LogP contribution < -0.4 is 9.64 Å². The van der Waals surface area contributed by atoms with Gasteiger partial charge in [-0.2, -0.15) is 26.9 Å². The van der Waals surface area contributed by atoms with Crippen molar-refractivity contribution in [3.05, 3.63) is 53.7 Å². The fourth-order valence-electron chi connectivity index (χ4n) is 5.11. The van der Waals surface area contributed by atoms with Crippen molar-refractivity contribution in [2.75, 3.05) is 4.90 Å². The molecule has 1 saturated carbocycles. The molecule has 1 fully saturated rings. The molecule has 1 aliphatic heterocycles. The molecule has 0 bridgehead atoms. The van der Waals surface area contributed by atoms with E-state index in [0.717, 1.165) is 19.0 Å². The number of aryl methyl sites for hydroxylation is 2. The van der Waals surface area contributed by atoms with Crippen LogP contribution >= 0.6 is 0 Å². The Hall–Kier alpha value is -4.43. The molecule has 0 saturated heterocycles. The van der Waals surface area contributed by atoms with Gasteiger partial charge in [0.05, 0.1) is 18.3 Å². The number of hydrogen-bond donors (Lipinski definition) is 0. The molecule has 1 amide bonds. The topological polar surface area (TPSA) is 104 Å². The number of hydrogen-bond acceptors (Lipinski definition) is 7. The minimum absolute atomic E-state index is 0.0502. The second kappa shape index (κ2) is 10.4. The van der Waals surface area contributed by atoms with E-state index >= 15 is 0 Å². The predicted molar refractivity (Wildman–Crippen MR) is 139 cm³/mol. The highest BCUT2D eigenvalue weighted by molar-refractivity contribution is 5.94. The van der Waals surface area contributed by atoms with Gasteiger partial charge in [-0.3, -0.25) is 9.69 Å². The predicted octanol–water partition coefficient (Wildman–Crippen LogP) is 5.61. The summed E-state index contributed by atoms with van der Waals surface area (Å²) in [6, 6.07) is 6.21. The van der Waals surface area contributed by atoms with Crippen LogP contribution in [0.25, 0.3) is 22.8 Å². The number of alkyl halides is 5. The van der Waals surface area contributed by atoms with E-state index in [9.17, 15) is 26.7 Å². The van der Waals surface area contributed by atoms with E-state index in [2.05, 4.69) is 29.8 Å². The van der Waals surface area contributed by atoms with Crippen molar-refractivity contribution in [3.63, 3.8) is 0 Å². The van der Waals surface area contributed by atoms with E-state index in [1.54, 1.807) is 38.1 Å². The van der Waals surface area contributed by atoms with Crippen LogP contribution in [-0.2, 0) is 24.1 Å². The zero-order valence-corrected chi connectivity index (χ0v) is 22.5. The van der Waals surface area contributed by atoms with Crippen LogP contribution in [0, 0.1) is 0 Å². The summed E-state index contributed by atoms with van der Waals surface area (Å²) in [6.45, 7) is 0.946. The molecule has 0 radical (unpaired) electrons. The summed E-state index contributed by atoms with van der Waals surface area (Å²) >= 11 is 0. The van der Waals surface area contributed by atoms with E-state index in [1.807, 2.05) is 0 Å². The number of fused-ring (bicyclic) bond motifs is 1. The first kappa shape index (κ1) is 27.7. The van der Waals surface area contributed by atoms with E-state index in [4.69, 9.17) is 0 Å². The van der Waals surface area contributed by atoms with Crippen molar-refractivity contribution in [1.82, 2.24) is 34.3 Å². The minimum Gasteiger partial charge on any atom is -0.416 e. The van der Waals surface area contributed by atoms with Crippen molar-refractivity contribution < 1.29 is 31.5 Å². The summed E-state index contributed by atoms with van der Waals surface area (Å²) in [5.41, 5.74) is 0.906. The molecule has 220 valence electrons. The maximum atomic E-state index is 13.2. The summed E-state index contributed by atoms with van der Waals surface area (Å²) < 4.78 is 73.8. The Morgan fingerprint density at radius 1 is 1.10 bits per heavy atom. The molecule has 3 aromatic heterocycles. The van der Waals surface area contributed by atoms with Crippen molar-refractivity contribution in [2.24, 2.45) is 0 Å². The van der Waals surface area contributed by atoms with Crippen molar-refractivity contribution in [3.8, 4) is 28.7 Å². The number of halogens is 5. The van der Waals surface area contributed by atoms with Gasteiger partial charge in [0.1, 0.15) is 17.7 Å². The zero-order chi connectivity index (χ0) is 29.8. The number of nitrogens with zero attached hydrogens (tertiary/aromatic N) is 8. The lowest BCUT2D eigenvalue weighted by atomic mass is 10.0. The molecule has 2 aliphatic rings. The molecule has 42 heavy (non-hydrogen) atoms. The molecule has 6 rings (SSSR count). The third-order valence-electron chi connectivity index (χ3n) is 7.35. The Balaban J connectivity index is 1.33. The van der Waals surface area contributed by atoms with E-state index in [-0.39, 0.29) is 53.8 Å². The second-order valence-corrected chi connectivity index (χ2v) is 10.1. The number of carbonyl (C=O) groups excluding carboxylic acids is 1. The number of amides is 1. The van der Waals surface area contributed by atoms with Gasteiger partial charge in [0, 0.05) is 30.6 Å². The van der Waals surface area contributed by atoms with Crippen LogP contribution in [0.2, 0.25) is 0 Å². The Labute approximate surface area is 236 Å². The monoisotopic (exact) mass is 588 g/mol. The van der Waals surface area contributed by atoms with E-state index < -0.39 is 24.5 Å². The minimum atomic E-state index is -4.56. The Bertz CT molecular complexity index is 1630. The Morgan fingerprint density at radius 2 is 1.83 bits per heavy atom. The van der Waals surface area contributed by atoms with Gasteiger partial charge in [0.15, 0.2) is 11.5 Å². The maximum Gasteiger partial charge on any atom is 0.434 e. The van der Waals surface area contributed by atoms with Gasteiger partial charge in [-0.25, -0.2) is 19.6 Å². The first-order chi connectivity index (χ1) is 20.0. The quantitative estimate of drug-likeness (QED) is 0.246. The number of aromatic nitrogens is 7. The highest BCUT2D eigenvalue weighted by Crippen LogP contribution is 2.46. The van der Waals surface area contributed by atoms with Gasteiger partial charge < -0.3 is 9.30 Å². The number of ether oxygens (including phenoxy) is 1. The van der Waals surface area contributed by atoms with E-state index in [1.165, 1.54) is 20.5 Å². The SMILES string of the molecule is CCn1cc(C(F)(F)F)nc1-c1ccc([C@@H](C)N2C(=O)CCn3nc(-c4c(OC(F)F)ncnc4C4CC4)nc32)cc1. The lowest BCUT2D eigenvalue weighted by molar-refractivity contribution is -0.140. The van der Waals surface area contributed by atoms with Crippen LogP contribution in [0.3, 0.4) is 0 Å². The lowest BCUT2D eigenvalue weighted by Crippen LogP contribution is -2.39. The smallest absolute Gasteiger partial charge is 0.416 e. The number of carbonyl (C=O) groups is 1. The molecule has 15 heteroatoms. The van der Waals surface area contributed by atoms with Gasteiger partial charge in [0.2, 0.25) is 17.7 Å². The molecular formula is C27H25F5N8O2. The standard InChI is InChI=1S/C27H25F5N8O2/c1-3-38-12-18(27(30,31)32)35-23(38)17-8-4-15(5-9-17)14(2)40-19(41)10-11-39-26(40)36-22(37-39)20-21(16-6-7-16)33-13-34-24(20)42-25(28)29/h4-5,8-9,12-14,16,25H,3,6-7,10-11H2,1-2H3/t14-/m1/s1. The zero-order valence-electron chi connectivity index (χ0n) is 22.5. The second-order valence-electron chi connectivity index (χ2n) is 10.1. The normalized spacial score (nSPS) is 16.2. The van der Waals surface area contributed by atoms with Gasteiger partial charge >= 0.3 is 12.8 Å². The summed E-state index contributed by atoms with van der Waals surface area (Å²) in [5, 5.41) is 4.52. The highest BCUT2D eigenvalue weighted by Gasteiger charge is 2.37. The molecule has 1 aromatic carbocycles. The summed E-state index contributed by atoms with van der Waals surface area (Å²) in [6.07, 6.45) is -0.618. The van der Waals surface area contributed by atoms with Gasteiger partial charge in [-0.15, -0.1) is 5.10 Å². The largest absolute Gasteiger partial charge is 0.434 e. The Morgan fingerprint density at radius 3 is 2.48 bits per heavy atom. The van der Waals surface area contributed by atoms with Crippen LogP contribution in [-0.4, -0.2) is 46.8 Å². The fraction of sp³-hybridized carbons (Fsp3) is 0.407. The lowest BCUT2D eigenvalue weighted by Gasteiger charge is -2.31. The maximum absolute atomic E-state index is 13.2. The van der Waals surface area contributed by atoms with Crippen LogP contribution in [0.1, 0.15) is 62.0 Å². The Kier molecular flexibility index (Phi) is 6.89. The summed E-state index contributed by atoms with van der Waals surface area (Å²) in [5.74, 6) is -0.00857. The number of benzene rings is 1. The first-order valence-electron chi connectivity index (χ1n) is 13.4. The number of rotatable bonds is 8. The van der Waals surface area contributed by atoms with Crippen LogP contribution in [0.15, 0.2) is 36.8 Å². The molecular weight excluding hydrogens is 563 g/mol. The average Bonchev–Trinajstić information content (AvgIpc) is 3.55. The van der Waals surface area contributed by atoms with Crippen LogP contribution in [0.5, 0.6) is 5.88 Å². The van der Waals surface area contributed by atoms with Gasteiger partial charge in [-0.05, 0) is 32.3 Å². The molecule has 4 aromatic rings.